The normalized spacial score (nSPS) is 11.4. The Morgan fingerprint density at radius 2 is 1.87 bits per heavy atom. The van der Waals surface area contributed by atoms with Crippen LogP contribution in [-0.2, 0) is 4.79 Å². The number of carbonyl (C=O) groups excluding carboxylic acids is 1. The van der Waals surface area contributed by atoms with Gasteiger partial charge in [0.25, 0.3) is 0 Å². The van der Waals surface area contributed by atoms with Crippen LogP contribution < -0.4 is 15.0 Å². The third-order valence-electron chi connectivity index (χ3n) is 3.83. The number of hydrogen-bond donors (Lipinski definition) is 2. The molecule has 2 heterocycles. The first kappa shape index (κ1) is 21.4. The van der Waals surface area contributed by atoms with Gasteiger partial charge in [-0.25, -0.2) is 23.5 Å². The molecule has 0 aliphatic heterocycles. The van der Waals surface area contributed by atoms with Gasteiger partial charge in [-0.2, -0.15) is 0 Å². The number of halogens is 2. The van der Waals surface area contributed by atoms with E-state index in [0.717, 1.165) is 22.3 Å². The van der Waals surface area contributed by atoms with Crippen molar-refractivity contribution in [3.05, 3.63) is 35.9 Å². The summed E-state index contributed by atoms with van der Waals surface area (Å²) < 4.78 is 34.2. The standard InChI is InChI=1S/C19H18F2N4O4S/c1-9(26)22-17-23-12-5-6-15(24-16(12)30-17)29-14-8-13(10(20)7-11(14)21)25(18(27)28)19(2,3)4/h5-8H,1-4H3,(H,27,28)(H,22,23,26). The van der Waals surface area contributed by atoms with Crippen LogP contribution in [0.25, 0.3) is 10.3 Å². The molecule has 0 saturated heterocycles. The highest BCUT2D eigenvalue weighted by atomic mass is 32.1. The predicted molar refractivity (Wildman–Crippen MR) is 108 cm³/mol. The molecular weight excluding hydrogens is 418 g/mol. The van der Waals surface area contributed by atoms with Crippen LogP contribution in [-0.4, -0.2) is 32.6 Å². The Hall–Kier alpha value is -3.34. The highest BCUT2D eigenvalue weighted by Gasteiger charge is 2.31. The van der Waals surface area contributed by atoms with Gasteiger partial charge in [0, 0.05) is 30.7 Å². The van der Waals surface area contributed by atoms with E-state index < -0.39 is 23.3 Å². The number of amides is 2. The number of carboxylic acid groups (broad SMARTS) is 1. The molecule has 2 aromatic heterocycles. The number of hydrogen-bond acceptors (Lipinski definition) is 6. The number of nitrogens with one attached hydrogen (secondary N) is 1. The Morgan fingerprint density at radius 1 is 1.17 bits per heavy atom. The zero-order valence-electron chi connectivity index (χ0n) is 16.5. The molecule has 2 amide bonds. The molecule has 3 aromatic rings. The summed E-state index contributed by atoms with van der Waals surface area (Å²) in [6, 6.07) is 4.54. The van der Waals surface area contributed by atoms with Crippen molar-refractivity contribution < 1.29 is 28.2 Å². The minimum atomic E-state index is -1.39. The third-order valence-corrected chi connectivity index (χ3v) is 4.71. The average molecular weight is 436 g/mol. The van der Waals surface area contributed by atoms with E-state index in [1.54, 1.807) is 26.8 Å². The number of fused-ring (bicyclic) bond motifs is 1. The number of rotatable bonds is 4. The van der Waals surface area contributed by atoms with E-state index in [1.807, 2.05) is 0 Å². The maximum Gasteiger partial charge on any atom is 0.412 e. The van der Waals surface area contributed by atoms with E-state index in [4.69, 9.17) is 4.74 Å². The molecular formula is C19H18F2N4O4S. The molecule has 0 aliphatic carbocycles. The van der Waals surface area contributed by atoms with Crippen molar-refractivity contribution in [3.63, 3.8) is 0 Å². The van der Waals surface area contributed by atoms with Crippen LogP contribution in [0.5, 0.6) is 11.6 Å². The third kappa shape index (κ3) is 4.46. The second-order valence-electron chi connectivity index (χ2n) is 7.30. The summed E-state index contributed by atoms with van der Waals surface area (Å²) in [5.41, 5.74) is -0.832. The van der Waals surface area contributed by atoms with E-state index in [0.29, 0.717) is 21.5 Å². The van der Waals surface area contributed by atoms with Crippen molar-refractivity contribution in [1.82, 2.24) is 9.97 Å². The Kier molecular flexibility index (Phi) is 5.57. The molecule has 0 unspecified atom stereocenters. The summed E-state index contributed by atoms with van der Waals surface area (Å²) in [4.78, 5) is 32.4. The Balaban J connectivity index is 1.98. The number of carbonyl (C=O) groups is 2. The molecule has 11 heteroatoms. The largest absolute Gasteiger partial charge is 0.465 e. The monoisotopic (exact) mass is 436 g/mol. The molecule has 0 aliphatic rings. The van der Waals surface area contributed by atoms with Crippen molar-refractivity contribution in [3.8, 4) is 11.6 Å². The number of pyridine rings is 1. The zero-order valence-corrected chi connectivity index (χ0v) is 17.3. The second kappa shape index (κ2) is 7.82. The summed E-state index contributed by atoms with van der Waals surface area (Å²) in [5, 5.41) is 12.4. The molecule has 0 fully saturated rings. The van der Waals surface area contributed by atoms with Crippen LogP contribution in [0.15, 0.2) is 24.3 Å². The minimum absolute atomic E-state index is 0.00498. The summed E-state index contributed by atoms with van der Waals surface area (Å²) in [7, 11) is 0. The molecule has 0 radical (unpaired) electrons. The van der Waals surface area contributed by atoms with E-state index in [9.17, 15) is 23.5 Å². The lowest BCUT2D eigenvalue weighted by Gasteiger charge is -2.33. The lowest BCUT2D eigenvalue weighted by Crippen LogP contribution is -2.45. The number of ether oxygens (including phenoxy) is 1. The fourth-order valence-electron chi connectivity index (χ4n) is 2.69. The maximum absolute atomic E-state index is 14.4. The first-order chi connectivity index (χ1) is 14.0. The molecule has 0 spiro atoms. The minimum Gasteiger partial charge on any atom is -0.465 e. The van der Waals surface area contributed by atoms with Gasteiger partial charge in [0.2, 0.25) is 11.8 Å². The van der Waals surface area contributed by atoms with Gasteiger partial charge >= 0.3 is 6.09 Å². The van der Waals surface area contributed by atoms with Gasteiger partial charge < -0.3 is 15.2 Å². The van der Waals surface area contributed by atoms with Crippen LogP contribution in [0, 0.1) is 11.6 Å². The van der Waals surface area contributed by atoms with Gasteiger partial charge in [-0.05, 0) is 26.8 Å². The Bertz CT molecular complexity index is 1140. The number of aromatic nitrogens is 2. The summed E-state index contributed by atoms with van der Waals surface area (Å²) in [6.07, 6.45) is -1.39. The van der Waals surface area contributed by atoms with Gasteiger partial charge in [-0.1, -0.05) is 11.3 Å². The SMILES string of the molecule is CC(=O)Nc1nc2ccc(Oc3cc(N(C(=O)O)C(C)(C)C)c(F)cc3F)nc2s1. The summed E-state index contributed by atoms with van der Waals surface area (Å²) in [5.74, 6) is -2.73. The van der Waals surface area contributed by atoms with Crippen molar-refractivity contribution >= 4 is 44.5 Å². The molecule has 3 rings (SSSR count). The number of anilines is 2. The van der Waals surface area contributed by atoms with Gasteiger partial charge in [-0.3, -0.25) is 9.69 Å². The molecule has 158 valence electrons. The highest BCUT2D eigenvalue weighted by Crippen LogP contribution is 2.35. The topological polar surface area (TPSA) is 105 Å². The molecule has 0 atom stereocenters. The quantitative estimate of drug-likeness (QED) is 0.596. The van der Waals surface area contributed by atoms with Crippen LogP contribution in [0.4, 0.5) is 24.4 Å². The van der Waals surface area contributed by atoms with Crippen LogP contribution >= 0.6 is 11.3 Å². The van der Waals surface area contributed by atoms with Gasteiger partial charge in [0.15, 0.2) is 16.7 Å². The van der Waals surface area contributed by atoms with Crippen LogP contribution in [0.2, 0.25) is 0 Å². The highest BCUT2D eigenvalue weighted by molar-refractivity contribution is 7.21. The van der Waals surface area contributed by atoms with Crippen molar-refractivity contribution in [2.24, 2.45) is 0 Å². The fraction of sp³-hybridized carbons (Fsp3) is 0.263. The summed E-state index contributed by atoms with van der Waals surface area (Å²) >= 11 is 1.10. The maximum atomic E-state index is 14.4. The van der Waals surface area contributed by atoms with Crippen molar-refractivity contribution in [1.29, 1.82) is 0 Å². The van der Waals surface area contributed by atoms with Gasteiger partial charge in [0.1, 0.15) is 16.2 Å². The summed E-state index contributed by atoms with van der Waals surface area (Å²) in [6.45, 7) is 6.09. The Morgan fingerprint density at radius 3 is 2.47 bits per heavy atom. The predicted octanol–water partition coefficient (Wildman–Crippen LogP) is 5.00. The molecule has 0 bridgehead atoms. The van der Waals surface area contributed by atoms with E-state index in [2.05, 4.69) is 15.3 Å². The first-order valence-corrected chi connectivity index (χ1v) is 9.52. The lowest BCUT2D eigenvalue weighted by atomic mass is 10.1. The molecule has 2 N–H and O–H groups in total. The Labute approximate surface area is 174 Å². The molecule has 8 nitrogen and oxygen atoms in total. The van der Waals surface area contributed by atoms with E-state index in [1.165, 1.54) is 13.0 Å². The smallest absolute Gasteiger partial charge is 0.412 e. The van der Waals surface area contributed by atoms with E-state index in [-0.39, 0.29) is 23.2 Å². The lowest BCUT2D eigenvalue weighted by molar-refractivity contribution is -0.114. The van der Waals surface area contributed by atoms with Crippen LogP contribution in [0.3, 0.4) is 0 Å². The molecule has 1 aromatic carbocycles. The molecule has 30 heavy (non-hydrogen) atoms. The zero-order chi connectivity index (χ0) is 22.2. The number of nitrogens with zero attached hydrogens (tertiary/aromatic N) is 3. The second-order valence-corrected chi connectivity index (χ2v) is 8.28. The molecule has 0 saturated carbocycles. The van der Waals surface area contributed by atoms with Crippen molar-refractivity contribution in [2.75, 3.05) is 10.2 Å². The van der Waals surface area contributed by atoms with E-state index >= 15 is 0 Å². The van der Waals surface area contributed by atoms with Gasteiger partial charge in [-0.15, -0.1) is 0 Å². The fourth-order valence-corrected chi connectivity index (χ4v) is 3.57. The number of benzene rings is 1. The van der Waals surface area contributed by atoms with Crippen molar-refractivity contribution in [2.45, 2.75) is 33.2 Å². The first-order valence-electron chi connectivity index (χ1n) is 8.71. The van der Waals surface area contributed by atoms with Crippen LogP contribution in [0.1, 0.15) is 27.7 Å². The number of thiazole rings is 1. The average Bonchev–Trinajstić information content (AvgIpc) is 2.98. The van der Waals surface area contributed by atoms with Gasteiger partial charge in [0.05, 0.1) is 5.69 Å².